The predicted octanol–water partition coefficient (Wildman–Crippen LogP) is 1.98. The summed E-state index contributed by atoms with van der Waals surface area (Å²) in [5, 5.41) is 22.6. The highest BCUT2D eigenvalue weighted by molar-refractivity contribution is 5.85. The highest BCUT2D eigenvalue weighted by Crippen LogP contribution is 2.68. The number of likely N-dealkylation sites (N-methyl/N-ethyl adjacent to an activating group) is 1. The molecule has 1 unspecified atom stereocenters. The Balaban J connectivity index is 0.00000140. The zero-order valence-corrected chi connectivity index (χ0v) is 15.6. The van der Waals surface area contributed by atoms with Gasteiger partial charge in [-0.1, -0.05) is 25.1 Å². The Labute approximate surface area is 155 Å². The molecule has 1 saturated carbocycles. The molecule has 136 valence electrons. The zero-order valence-electron chi connectivity index (χ0n) is 14.7. The number of hydrogen-bond acceptors (Lipinski definition) is 4. The van der Waals surface area contributed by atoms with E-state index in [4.69, 9.17) is 0 Å². The van der Waals surface area contributed by atoms with Crippen LogP contribution in [0.1, 0.15) is 31.7 Å². The number of hydrogen-bond donors (Lipinski definition) is 2. The Morgan fingerprint density at radius 3 is 2.72 bits per heavy atom. The Morgan fingerprint density at radius 1 is 1.20 bits per heavy atom. The summed E-state index contributed by atoms with van der Waals surface area (Å²) in [6.07, 6.45) is 2.56. The lowest BCUT2D eigenvalue weighted by Gasteiger charge is -2.62. The van der Waals surface area contributed by atoms with Gasteiger partial charge in [0.05, 0.1) is 12.1 Å². The van der Waals surface area contributed by atoms with Crippen molar-refractivity contribution in [3.8, 4) is 0 Å². The van der Waals surface area contributed by atoms with Crippen LogP contribution in [0.25, 0.3) is 0 Å². The quantitative estimate of drug-likeness (QED) is 0.802. The van der Waals surface area contributed by atoms with Gasteiger partial charge in [-0.05, 0) is 36.8 Å². The molecule has 4 nitrogen and oxygen atoms in total. The fraction of sp³-hybridized carbons (Fsp3) is 0.700. The van der Waals surface area contributed by atoms with Gasteiger partial charge in [0, 0.05) is 42.1 Å². The first kappa shape index (κ1) is 16.4. The molecule has 0 aromatic heterocycles. The highest BCUT2D eigenvalue weighted by atomic mass is 35.5. The smallest absolute Gasteiger partial charge is 0.111 e. The van der Waals surface area contributed by atoms with Crippen molar-refractivity contribution < 1.29 is 10.2 Å². The molecule has 5 aliphatic heterocycles. The van der Waals surface area contributed by atoms with Crippen LogP contribution in [0, 0.1) is 17.8 Å². The van der Waals surface area contributed by atoms with E-state index in [2.05, 4.69) is 48.0 Å². The largest absolute Gasteiger partial charge is 0.392 e. The van der Waals surface area contributed by atoms with Gasteiger partial charge in [0.25, 0.3) is 0 Å². The lowest BCUT2D eigenvalue weighted by molar-refractivity contribution is -0.211. The molecule has 0 amide bonds. The third-order valence-electron chi connectivity index (χ3n) is 8.46. The number of nitrogens with zero attached hydrogens (tertiary/aromatic N) is 2. The van der Waals surface area contributed by atoms with Crippen LogP contribution in [-0.4, -0.2) is 52.6 Å². The van der Waals surface area contributed by atoms with Gasteiger partial charge in [0.1, 0.15) is 6.23 Å². The van der Waals surface area contributed by atoms with Gasteiger partial charge in [-0.2, -0.15) is 0 Å². The molecule has 7 rings (SSSR count). The molecule has 1 aromatic rings. The van der Waals surface area contributed by atoms with Gasteiger partial charge < -0.3 is 15.1 Å². The van der Waals surface area contributed by atoms with Gasteiger partial charge in [0.15, 0.2) is 0 Å². The summed E-state index contributed by atoms with van der Waals surface area (Å²) in [6, 6.07) is 9.70. The molecule has 0 radical (unpaired) electrons. The predicted molar refractivity (Wildman–Crippen MR) is 99.0 cm³/mol. The number of para-hydroxylation sites is 1. The van der Waals surface area contributed by atoms with Crippen LogP contribution < -0.4 is 4.90 Å². The van der Waals surface area contributed by atoms with Crippen LogP contribution in [-0.2, 0) is 5.41 Å². The molecule has 6 aliphatic rings. The molecule has 10 atom stereocenters. The second kappa shape index (κ2) is 4.92. The topological polar surface area (TPSA) is 46.9 Å². The van der Waals surface area contributed by atoms with E-state index in [0.717, 1.165) is 19.3 Å². The van der Waals surface area contributed by atoms with E-state index in [1.54, 1.807) is 0 Å². The third kappa shape index (κ3) is 1.50. The minimum atomic E-state index is -0.319. The summed E-state index contributed by atoms with van der Waals surface area (Å²) in [7, 11) is 2.19. The molecule has 1 spiro atoms. The SMILES string of the molecule is CC[C@H]1[C@@H]2C[C@H]3[C@@H]4N(C)c5ccccc5[C@@]45C[C@@H]([C@H]2[C@H]5O)N3[C@@H]1O.Cl. The molecule has 5 heterocycles. The Kier molecular flexibility index (Phi) is 3.22. The van der Waals surface area contributed by atoms with Gasteiger partial charge in [-0.25, -0.2) is 0 Å². The number of piperidine rings is 4. The van der Waals surface area contributed by atoms with E-state index in [1.165, 1.54) is 11.3 Å². The summed E-state index contributed by atoms with van der Waals surface area (Å²) < 4.78 is 0. The van der Waals surface area contributed by atoms with Crippen molar-refractivity contribution in [3.05, 3.63) is 29.8 Å². The first-order chi connectivity index (χ1) is 11.6. The number of halogens is 1. The first-order valence-electron chi connectivity index (χ1n) is 9.57. The number of benzene rings is 1. The maximum atomic E-state index is 11.6. The summed E-state index contributed by atoms with van der Waals surface area (Å²) in [6.45, 7) is 2.19. The van der Waals surface area contributed by atoms with Crippen molar-refractivity contribution in [2.75, 3.05) is 11.9 Å². The van der Waals surface area contributed by atoms with Crippen molar-refractivity contribution in [2.45, 2.75) is 62.1 Å². The lowest BCUT2D eigenvalue weighted by atomic mass is 9.62. The molecular formula is C20H27ClN2O2. The number of aliphatic hydroxyl groups is 2. The molecule has 5 heteroatoms. The van der Waals surface area contributed by atoms with Gasteiger partial charge >= 0.3 is 0 Å². The number of fused-ring (bicyclic) bond motifs is 2. The van der Waals surface area contributed by atoms with E-state index in [9.17, 15) is 10.2 Å². The molecular weight excluding hydrogens is 336 g/mol. The summed E-state index contributed by atoms with van der Waals surface area (Å²) in [5.41, 5.74) is 2.51. The Bertz CT molecular complexity index is 729. The van der Waals surface area contributed by atoms with E-state index < -0.39 is 0 Å². The van der Waals surface area contributed by atoms with Crippen LogP contribution in [0.15, 0.2) is 24.3 Å². The van der Waals surface area contributed by atoms with E-state index in [0.29, 0.717) is 35.9 Å². The minimum absolute atomic E-state index is 0. The van der Waals surface area contributed by atoms with Crippen molar-refractivity contribution in [1.82, 2.24) is 4.90 Å². The lowest BCUT2D eigenvalue weighted by Crippen LogP contribution is -2.72. The number of rotatable bonds is 1. The van der Waals surface area contributed by atoms with E-state index >= 15 is 0 Å². The normalized spacial score (nSPS) is 53.6. The molecule has 1 aliphatic carbocycles. The summed E-state index contributed by atoms with van der Waals surface area (Å²) in [5.74, 6) is 1.14. The molecule has 5 fully saturated rings. The van der Waals surface area contributed by atoms with E-state index in [-0.39, 0.29) is 30.2 Å². The van der Waals surface area contributed by atoms with Crippen LogP contribution in [0.3, 0.4) is 0 Å². The van der Waals surface area contributed by atoms with E-state index in [1.807, 2.05) is 0 Å². The van der Waals surface area contributed by atoms with Crippen molar-refractivity contribution in [2.24, 2.45) is 17.8 Å². The standard InChI is InChI=1S/C20H26N2O2.ClH/c1-3-10-11-8-14-17-20(12-6-4-5-7-13(12)21(17)2)9-15(16(11)18(20)23)22(14)19(10)24;/h4-7,10-11,14-19,23-24H,3,8-9H2,1-2H3;1H/t10-,11-,14-,15-,16-,17-,18+,19+,20-;/m0./s1. The third-order valence-corrected chi connectivity index (χ3v) is 8.46. The average molecular weight is 363 g/mol. The second-order valence-electron chi connectivity index (χ2n) is 8.81. The summed E-state index contributed by atoms with van der Waals surface area (Å²) >= 11 is 0. The maximum Gasteiger partial charge on any atom is 0.111 e. The van der Waals surface area contributed by atoms with Crippen molar-refractivity contribution in [1.29, 1.82) is 0 Å². The monoisotopic (exact) mass is 362 g/mol. The maximum absolute atomic E-state index is 11.6. The van der Waals surface area contributed by atoms with Gasteiger partial charge in [0.2, 0.25) is 0 Å². The Morgan fingerprint density at radius 2 is 1.96 bits per heavy atom. The fourth-order valence-electron chi connectivity index (χ4n) is 7.88. The van der Waals surface area contributed by atoms with Gasteiger partial charge in [-0.15, -0.1) is 12.4 Å². The van der Waals surface area contributed by atoms with Gasteiger partial charge in [-0.3, -0.25) is 4.90 Å². The number of anilines is 1. The molecule has 1 aromatic carbocycles. The zero-order chi connectivity index (χ0) is 16.4. The first-order valence-corrected chi connectivity index (χ1v) is 9.57. The molecule has 25 heavy (non-hydrogen) atoms. The van der Waals surface area contributed by atoms with Crippen LogP contribution in [0.4, 0.5) is 5.69 Å². The average Bonchev–Trinajstić information content (AvgIpc) is 2.97. The van der Waals surface area contributed by atoms with Crippen molar-refractivity contribution in [3.63, 3.8) is 0 Å². The molecule has 5 bridgehead atoms. The van der Waals surface area contributed by atoms with Crippen LogP contribution >= 0.6 is 12.4 Å². The Hall–Kier alpha value is -0.810. The van der Waals surface area contributed by atoms with Crippen LogP contribution in [0.5, 0.6) is 0 Å². The second-order valence-corrected chi connectivity index (χ2v) is 8.81. The molecule has 2 N–H and O–H groups in total. The minimum Gasteiger partial charge on any atom is -0.392 e. The highest BCUT2D eigenvalue weighted by Gasteiger charge is 2.76. The fourth-order valence-corrected chi connectivity index (χ4v) is 7.88. The van der Waals surface area contributed by atoms with Crippen LogP contribution in [0.2, 0.25) is 0 Å². The molecule has 4 saturated heterocycles. The van der Waals surface area contributed by atoms with Crippen molar-refractivity contribution >= 4 is 18.1 Å². The number of aliphatic hydroxyl groups excluding tert-OH is 2. The summed E-state index contributed by atoms with van der Waals surface area (Å²) in [4.78, 5) is 4.83.